The summed E-state index contributed by atoms with van der Waals surface area (Å²) in [4.78, 5) is 24.5. The van der Waals surface area contributed by atoms with E-state index in [1.54, 1.807) is 6.08 Å². The van der Waals surface area contributed by atoms with Gasteiger partial charge in [-0.15, -0.1) is 6.58 Å². The highest BCUT2D eigenvalue weighted by molar-refractivity contribution is 6.38. The average Bonchev–Trinajstić information content (AvgIpc) is 3.13. The molecule has 7 nitrogen and oxygen atoms in total. The summed E-state index contributed by atoms with van der Waals surface area (Å²) in [5.74, 6) is 0.171. The fraction of sp³-hybridized carbons (Fsp3) is 0.517. The topological polar surface area (TPSA) is 63.2 Å². The van der Waals surface area contributed by atoms with Crippen molar-refractivity contribution < 1.29 is 4.79 Å². The van der Waals surface area contributed by atoms with Crippen molar-refractivity contribution in [3.05, 3.63) is 72.5 Å². The van der Waals surface area contributed by atoms with Crippen molar-refractivity contribution in [2.24, 2.45) is 4.99 Å². The lowest BCUT2D eigenvalue weighted by Gasteiger charge is -2.35. The zero-order valence-electron chi connectivity index (χ0n) is 22.3. The van der Waals surface area contributed by atoms with Crippen LogP contribution in [0.5, 0.6) is 0 Å². The summed E-state index contributed by atoms with van der Waals surface area (Å²) in [5.41, 5.74) is 3.78. The van der Waals surface area contributed by atoms with E-state index in [-0.39, 0.29) is 5.91 Å². The van der Waals surface area contributed by atoms with Crippen molar-refractivity contribution >= 4 is 11.7 Å². The van der Waals surface area contributed by atoms with E-state index < -0.39 is 0 Å². The highest BCUT2D eigenvalue weighted by Gasteiger charge is 2.30. The Labute approximate surface area is 217 Å². The Morgan fingerprint density at radius 2 is 2.00 bits per heavy atom. The third-order valence-corrected chi connectivity index (χ3v) is 7.13. The monoisotopic (exact) mass is 492 g/mol. The zero-order chi connectivity index (χ0) is 25.9. The minimum Gasteiger partial charge on any atom is -0.348 e. The number of rotatable bonds is 10. The third kappa shape index (κ3) is 7.63. The molecule has 3 rings (SSSR count). The van der Waals surface area contributed by atoms with Crippen LogP contribution in [0.2, 0.25) is 0 Å². The molecule has 0 bridgehead atoms. The Bertz CT molecular complexity index is 935. The summed E-state index contributed by atoms with van der Waals surface area (Å²) in [5, 5.41) is 6.79. The van der Waals surface area contributed by atoms with Gasteiger partial charge in [-0.1, -0.05) is 50.5 Å². The molecule has 2 aliphatic heterocycles. The molecule has 0 aromatic rings. The van der Waals surface area contributed by atoms with Gasteiger partial charge in [0.1, 0.15) is 0 Å². The molecular weight excluding hydrogens is 448 g/mol. The minimum absolute atomic E-state index is 0.191. The number of aliphatic imine (C=N–C) groups is 1. The predicted molar refractivity (Wildman–Crippen MR) is 151 cm³/mol. The molecule has 0 radical (unpaired) electrons. The predicted octanol–water partition coefficient (Wildman–Crippen LogP) is 2.89. The molecule has 0 aromatic carbocycles. The molecule has 2 fully saturated rings. The number of amides is 1. The van der Waals surface area contributed by atoms with Gasteiger partial charge in [0.15, 0.2) is 5.84 Å². The number of allylic oxidation sites excluding steroid dienone is 5. The second kappa shape index (κ2) is 14.1. The van der Waals surface area contributed by atoms with E-state index in [0.717, 1.165) is 49.3 Å². The van der Waals surface area contributed by atoms with Crippen LogP contribution in [0, 0.1) is 0 Å². The number of hydrogen-bond donors (Lipinski definition) is 2. The molecule has 0 aromatic heterocycles. The van der Waals surface area contributed by atoms with Gasteiger partial charge in [0.25, 0.3) is 5.91 Å². The first-order valence-corrected chi connectivity index (χ1v) is 13.2. The van der Waals surface area contributed by atoms with Gasteiger partial charge >= 0.3 is 0 Å². The van der Waals surface area contributed by atoms with Crippen molar-refractivity contribution in [3.8, 4) is 0 Å². The lowest BCUT2D eigenvalue weighted by Crippen LogP contribution is -2.48. The van der Waals surface area contributed by atoms with Crippen LogP contribution < -0.4 is 10.6 Å². The molecular formula is C29H44N6O. The van der Waals surface area contributed by atoms with Crippen LogP contribution in [0.4, 0.5) is 0 Å². The number of likely N-dealkylation sites (N-methyl/N-ethyl adjacent to an activating group) is 1. The largest absolute Gasteiger partial charge is 0.348 e. The lowest BCUT2D eigenvalue weighted by molar-refractivity contribution is -0.115. The van der Waals surface area contributed by atoms with E-state index >= 15 is 0 Å². The van der Waals surface area contributed by atoms with Gasteiger partial charge < -0.3 is 25.3 Å². The quantitative estimate of drug-likeness (QED) is 0.279. The number of hydrogen-bond acceptors (Lipinski definition) is 5. The van der Waals surface area contributed by atoms with E-state index in [1.165, 1.54) is 25.9 Å². The minimum atomic E-state index is -0.191. The van der Waals surface area contributed by atoms with Gasteiger partial charge in [0.05, 0.1) is 13.1 Å². The van der Waals surface area contributed by atoms with E-state index in [9.17, 15) is 4.79 Å². The van der Waals surface area contributed by atoms with Gasteiger partial charge in [-0.25, -0.2) is 0 Å². The van der Waals surface area contributed by atoms with Gasteiger partial charge in [0.2, 0.25) is 0 Å². The fourth-order valence-electron chi connectivity index (χ4n) is 4.82. The van der Waals surface area contributed by atoms with Crippen LogP contribution in [-0.4, -0.2) is 98.4 Å². The summed E-state index contributed by atoms with van der Waals surface area (Å²) >= 11 is 0. The molecule has 0 saturated carbocycles. The number of amidine groups is 1. The number of fused-ring (bicyclic) bond motifs is 1. The average molecular weight is 493 g/mol. The van der Waals surface area contributed by atoms with Gasteiger partial charge in [-0.3, -0.25) is 9.79 Å². The molecule has 36 heavy (non-hydrogen) atoms. The highest BCUT2D eigenvalue weighted by atomic mass is 16.2. The molecule has 2 heterocycles. The second-order valence-electron chi connectivity index (χ2n) is 9.66. The van der Waals surface area contributed by atoms with Crippen LogP contribution >= 0.6 is 0 Å². The van der Waals surface area contributed by atoms with E-state index in [2.05, 4.69) is 83.4 Å². The van der Waals surface area contributed by atoms with E-state index in [1.807, 2.05) is 4.90 Å². The van der Waals surface area contributed by atoms with Crippen molar-refractivity contribution in [2.45, 2.75) is 32.2 Å². The molecule has 2 saturated heterocycles. The summed E-state index contributed by atoms with van der Waals surface area (Å²) in [7, 11) is 2.19. The van der Waals surface area contributed by atoms with Gasteiger partial charge in [-0.2, -0.15) is 0 Å². The third-order valence-electron chi connectivity index (χ3n) is 7.13. The van der Waals surface area contributed by atoms with Gasteiger partial charge in [-0.05, 0) is 62.7 Å². The number of carbonyl (C=O) groups excluding carboxylic acids is 1. The SMILES string of the molecule is C=CCN=C(C(=O)NCCN(CC)CCNC1CCN(C)CC1)N1CC2=CC=CCC=C2C(=C)C1=C. The molecule has 1 aliphatic carbocycles. The fourth-order valence-corrected chi connectivity index (χ4v) is 4.82. The number of carbonyl (C=O) groups is 1. The summed E-state index contributed by atoms with van der Waals surface area (Å²) in [6.45, 7) is 21.9. The molecule has 1 amide bonds. The van der Waals surface area contributed by atoms with Crippen LogP contribution in [0.25, 0.3) is 0 Å². The number of likely N-dealkylation sites (tertiary alicyclic amines) is 2. The maximum Gasteiger partial charge on any atom is 0.286 e. The first-order chi connectivity index (χ1) is 17.4. The summed E-state index contributed by atoms with van der Waals surface area (Å²) in [6.07, 6.45) is 13.4. The Hall–Kier alpha value is -2.74. The normalized spacial score (nSPS) is 19.6. The molecule has 2 N–H and O–H groups in total. The van der Waals surface area contributed by atoms with Crippen molar-refractivity contribution in [1.82, 2.24) is 25.3 Å². The molecule has 196 valence electrons. The molecule has 0 atom stereocenters. The van der Waals surface area contributed by atoms with Crippen LogP contribution in [0.1, 0.15) is 26.2 Å². The Balaban J connectivity index is 1.54. The Kier molecular flexibility index (Phi) is 10.9. The summed E-state index contributed by atoms with van der Waals surface area (Å²) in [6, 6.07) is 0.616. The lowest BCUT2D eigenvalue weighted by atomic mass is 9.91. The highest BCUT2D eigenvalue weighted by Crippen LogP contribution is 2.34. The van der Waals surface area contributed by atoms with Crippen molar-refractivity contribution in [3.63, 3.8) is 0 Å². The van der Waals surface area contributed by atoms with Gasteiger partial charge in [0, 0.05) is 37.9 Å². The second-order valence-corrected chi connectivity index (χ2v) is 9.66. The smallest absolute Gasteiger partial charge is 0.286 e. The Morgan fingerprint density at radius 1 is 1.25 bits per heavy atom. The van der Waals surface area contributed by atoms with E-state index in [0.29, 0.717) is 37.2 Å². The zero-order valence-corrected chi connectivity index (χ0v) is 22.3. The van der Waals surface area contributed by atoms with Crippen LogP contribution in [-0.2, 0) is 4.79 Å². The molecule has 0 spiro atoms. The summed E-state index contributed by atoms with van der Waals surface area (Å²) < 4.78 is 0. The van der Waals surface area contributed by atoms with Crippen LogP contribution in [0.3, 0.4) is 0 Å². The molecule has 7 heteroatoms. The number of nitrogens with one attached hydrogen (secondary N) is 2. The van der Waals surface area contributed by atoms with Crippen molar-refractivity contribution in [2.75, 3.05) is 66.0 Å². The molecule has 0 unspecified atom stereocenters. The van der Waals surface area contributed by atoms with E-state index in [4.69, 9.17) is 0 Å². The van der Waals surface area contributed by atoms with Crippen molar-refractivity contribution in [1.29, 1.82) is 0 Å². The Morgan fingerprint density at radius 3 is 2.72 bits per heavy atom. The molecule has 3 aliphatic rings. The standard InChI is InChI=1S/C29H44N6O/c1-6-15-31-28(35-22-25-11-9-8-10-12-27(25)23(3)24(35)4)29(36)32-17-21-34(7-2)20-16-30-26-13-18-33(5)19-14-26/h6,8-9,11-12,26,30H,1,3-4,7,10,13-22H2,2,5H3,(H,32,36). The maximum atomic E-state index is 13.3. The first kappa shape index (κ1) is 27.8. The number of piperidine rings is 2. The maximum absolute atomic E-state index is 13.3. The number of nitrogens with zero attached hydrogens (tertiary/aromatic N) is 4. The first-order valence-electron chi connectivity index (χ1n) is 13.2. The van der Waals surface area contributed by atoms with Crippen LogP contribution in [0.15, 0.2) is 77.5 Å².